The summed E-state index contributed by atoms with van der Waals surface area (Å²) in [5.41, 5.74) is 2.12. The molecule has 0 spiro atoms. The highest BCUT2D eigenvalue weighted by Gasteiger charge is 2.01. The highest BCUT2D eigenvalue weighted by Crippen LogP contribution is 2.27. The maximum Gasteiger partial charge on any atom is 0.0355 e. The lowest BCUT2D eigenvalue weighted by Crippen LogP contribution is -1.79. The van der Waals surface area contributed by atoms with Gasteiger partial charge in [0.1, 0.15) is 0 Å². The predicted molar refractivity (Wildman–Crippen MR) is 57.7 cm³/mol. The third-order valence-electron chi connectivity index (χ3n) is 1.87. The Hall–Kier alpha value is -1.52. The van der Waals surface area contributed by atoms with Gasteiger partial charge in [-0.25, -0.2) is 0 Å². The number of benzene rings is 1. The second-order valence-corrected chi connectivity index (χ2v) is 3.61. The van der Waals surface area contributed by atoms with Crippen molar-refractivity contribution in [2.75, 3.05) is 0 Å². The molecule has 1 aromatic carbocycles. The fourth-order valence-electron chi connectivity index (χ4n) is 1.26. The van der Waals surface area contributed by atoms with Crippen molar-refractivity contribution in [1.82, 2.24) is 0 Å². The summed E-state index contributed by atoms with van der Waals surface area (Å²) in [5, 5.41) is 2.06. The molecule has 0 saturated carbocycles. The average molecular weight is 184 g/mol. The molecule has 1 heteroatoms. The smallest absolute Gasteiger partial charge is 0.0355 e. The summed E-state index contributed by atoms with van der Waals surface area (Å²) in [6.07, 6.45) is 5.41. The Labute approximate surface area is 81.9 Å². The standard InChI is InChI=1S/C12H8S/c1-2-10-6-3-4-7-11(10)12-8-5-9-13-12/h1,3-9H. The highest BCUT2D eigenvalue weighted by molar-refractivity contribution is 7.13. The maximum absolute atomic E-state index is 5.41. The second kappa shape index (κ2) is 3.47. The zero-order valence-electron chi connectivity index (χ0n) is 7.03. The molecule has 0 bridgehead atoms. The largest absolute Gasteiger partial charge is 0.144 e. The molecule has 0 N–H and O–H groups in total. The lowest BCUT2D eigenvalue weighted by molar-refractivity contribution is 1.64. The first-order valence-electron chi connectivity index (χ1n) is 4.01. The fourth-order valence-corrected chi connectivity index (χ4v) is 2.02. The van der Waals surface area contributed by atoms with Gasteiger partial charge in [-0.1, -0.05) is 30.2 Å². The molecule has 0 radical (unpaired) electrons. The molecule has 62 valence electrons. The molecule has 0 atom stereocenters. The molecule has 1 heterocycles. The van der Waals surface area contributed by atoms with Crippen LogP contribution >= 0.6 is 11.3 Å². The first-order chi connectivity index (χ1) is 6.42. The third-order valence-corrected chi connectivity index (χ3v) is 2.77. The lowest BCUT2D eigenvalue weighted by Gasteiger charge is -1.99. The fraction of sp³-hybridized carbons (Fsp3) is 0. The van der Waals surface area contributed by atoms with Crippen LogP contribution in [0.1, 0.15) is 5.56 Å². The number of hydrogen-bond donors (Lipinski definition) is 0. The summed E-state index contributed by atoms with van der Waals surface area (Å²) in [5.74, 6) is 2.69. The van der Waals surface area contributed by atoms with E-state index >= 15 is 0 Å². The van der Waals surface area contributed by atoms with E-state index in [-0.39, 0.29) is 0 Å². The molecule has 0 aliphatic rings. The molecule has 0 aliphatic carbocycles. The van der Waals surface area contributed by atoms with Crippen molar-refractivity contribution >= 4 is 11.3 Å². The molecular formula is C12H8S. The quantitative estimate of drug-likeness (QED) is 0.596. The van der Waals surface area contributed by atoms with Gasteiger partial charge in [0.2, 0.25) is 0 Å². The zero-order chi connectivity index (χ0) is 9.10. The Morgan fingerprint density at radius 2 is 1.92 bits per heavy atom. The Balaban J connectivity index is 2.59. The van der Waals surface area contributed by atoms with E-state index in [0.717, 1.165) is 11.1 Å². The summed E-state index contributed by atoms with van der Waals surface area (Å²) in [7, 11) is 0. The van der Waals surface area contributed by atoms with Crippen molar-refractivity contribution < 1.29 is 0 Å². The van der Waals surface area contributed by atoms with Crippen molar-refractivity contribution in [3.8, 4) is 22.8 Å². The van der Waals surface area contributed by atoms with Gasteiger partial charge in [-0.15, -0.1) is 17.8 Å². The number of rotatable bonds is 1. The SMILES string of the molecule is C#Cc1ccccc1-c1cccs1. The van der Waals surface area contributed by atoms with E-state index in [4.69, 9.17) is 6.42 Å². The molecule has 0 unspecified atom stereocenters. The summed E-state index contributed by atoms with van der Waals surface area (Å²) >= 11 is 1.71. The van der Waals surface area contributed by atoms with Gasteiger partial charge in [-0.2, -0.15) is 0 Å². The highest BCUT2D eigenvalue weighted by atomic mass is 32.1. The molecule has 2 rings (SSSR count). The van der Waals surface area contributed by atoms with E-state index in [9.17, 15) is 0 Å². The first kappa shape index (κ1) is 8.10. The molecule has 13 heavy (non-hydrogen) atoms. The minimum absolute atomic E-state index is 0.963. The predicted octanol–water partition coefficient (Wildman–Crippen LogP) is 3.40. The van der Waals surface area contributed by atoms with Gasteiger partial charge in [-0.05, 0) is 17.5 Å². The van der Waals surface area contributed by atoms with E-state index < -0.39 is 0 Å². The van der Waals surface area contributed by atoms with Crippen LogP contribution in [0.4, 0.5) is 0 Å². The van der Waals surface area contributed by atoms with Crippen molar-refractivity contribution in [2.45, 2.75) is 0 Å². The third kappa shape index (κ3) is 1.49. The van der Waals surface area contributed by atoms with Crippen LogP contribution in [0, 0.1) is 12.3 Å². The van der Waals surface area contributed by atoms with Crippen molar-refractivity contribution in [3.05, 3.63) is 47.3 Å². The van der Waals surface area contributed by atoms with Gasteiger partial charge < -0.3 is 0 Å². The average Bonchev–Trinajstić information content (AvgIpc) is 2.70. The Kier molecular flexibility index (Phi) is 2.16. The molecule has 0 aliphatic heterocycles. The van der Waals surface area contributed by atoms with Crippen molar-refractivity contribution in [3.63, 3.8) is 0 Å². The molecule has 0 saturated heterocycles. The van der Waals surface area contributed by atoms with E-state index in [0.29, 0.717) is 0 Å². The minimum atomic E-state index is 0.963. The van der Waals surface area contributed by atoms with Crippen molar-refractivity contribution in [1.29, 1.82) is 0 Å². The van der Waals surface area contributed by atoms with E-state index in [1.54, 1.807) is 11.3 Å². The second-order valence-electron chi connectivity index (χ2n) is 2.67. The number of hydrogen-bond acceptors (Lipinski definition) is 1. The Morgan fingerprint density at radius 3 is 2.62 bits per heavy atom. The van der Waals surface area contributed by atoms with Gasteiger partial charge in [0.15, 0.2) is 0 Å². The van der Waals surface area contributed by atoms with Gasteiger partial charge in [0, 0.05) is 16.0 Å². The summed E-state index contributed by atoms with van der Waals surface area (Å²) in [6.45, 7) is 0. The molecular weight excluding hydrogens is 176 g/mol. The topological polar surface area (TPSA) is 0 Å². The van der Waals surface area contributed by atoms with Gasteiger partial charge in [-0.3, -0.25) is 0 Å². The van der Waals surface area contributed by atoms with Crippen LogP contribution in [0.3, 0.4) is 0 Å². The summed E-state index contributed by atoms with van der Waals surface area (Å²) in [4.78, 5) is 1.23. The van der Waals surface area contributed by atoms with Crippen LogP contribution in [0.2, 0.25) is 0 Å². The number of terminal acetylenes is 1. The first-order valence-corrected chi connectivity index (χ1v) is 4.89. The zero-order valence-corrected chi connectivity index (χ0v) is 7.84. The van der Waals surface area contributed by atoms with E-state index in [1.807, 2.05) is 24.3 Å². The van der Waals surface area contributed by atoms with Gasteiger partial charge >= 0.3 is 0 Å². The molecule has 1 aromatic heterocycles. The maximum atomic E-state index is 5.41. The van der Waals surface area contributed by atoms with E-state index in [1.165, 1.54) is 4.88 Å². The van der Waals surface area contributed by atoms with Gasteiger partial charge in [0.25, 0.3) is 0 Å². The summed E-state index contributed by atoms with van der Waals surface area (Å²) in [6, 6.07) is 12.1. The molecule has 0 nitrogen and oxygen atoms in total. The minimum Gasteiger partial charge on any atom is -0.144 e. The summed E-state index contributed by atoms with van der Waals surface area (Å²) < 4.78 is 0. The Morgan fingerprint density at radius 1 is 1.08 bits per heavy atom. The molecule has 2 aromatic rings. The van der Waals surface area contributed by atoms with Crippen LogP contribution in [-0.2, 0) is 0 Å². The van der Waals surface area contributed by atoms with Crippen LogP contribution in [0.15, 0.2) is 41.8 Å². The van der Waals surface area contributed by atoms with E-state index in [2.05, 4.69) is 23.4 Å². The lowest BCUT2D eigenvalue weighted by atomic mass is 10.1. The molecule has 0 amide bonds. The van der Waals surface area contributed by atoms with Crippen molar-refractivity contribution in [2.24, 2.45) is 0 Å². The van der Waals surface area contributed by atoms with Gasteiger partial charge in [0.05, 0.1) is 0 Å². The number of thiophene rings is 1. The molecule has 0 fully saturated rings. The van der Waals surface area contributed by atoms with Crippen LogP contribution in [0.5, 0.6) is 0 Å². The Bertz CT molecular complexity index is 432. The van der Waals surface area contributed by atoms with Crippen LogP contribution < -0.4 is 0 Å². The van der Waals surface area contributed by atoms with Crippen LogP contribution in [0.25, 0.3) is 10.4 Å². The van der Waals surface area contributed by atoms with Crippen LogP contribution in [-0.4, -0.2) is 0 Å². The normalized spacial score (nSPS) is 9.46. The monoisotopic (exact) mass is 184 g/mol.